The summed E-state index contributed by atoms with van der Waals surface area (Å²) in [6.45, 7) is 3.81. The van der Waals surface area contributed by atoms with Crippen molar-refractivity contribution in [1.82, 2.24) is 5.32 Å². The van der Waals surface area contributed by atoms with Gasteiger partial charge < -0.3 is 14.8 Å². The molecule has 1 unspecified atom stereocenters. The first-order valence-electron chi connectivity index (χ1n) is 9.43. The SMILES string of the molecule is CCOc1ccccc1N(CC(=O)NC(CC)c1ccc(OC)cc1)S(C)(=O)=O. The fourth-order valence-electron chi connectivity index (χ4n) is 2.95. The van der Waals surface area contributed by atoms with Crippen molar-refractivity contribution in [1.29, 1.82) is 0 Å². The molecule has 0 aliphatic heterocycles. The Bertz CT molecular complexity index is 913. The molecule has 0 radical (unpaired) electrons. The molecule has 0 fully saturated rings. The Labute approximate surface area is 172 Å². The van der Waals surface area contributed by atoms with E-state index in [1.807, 2.05) is 38.1 Å². The van der Waals surface area contributed by atoms with Crippen LogP contribution in [0.25, 0.3) is 0 Å². The van der Waals surface area contributed by atoms with E-state index >= 15 is 0 Å². The van der Waals surface area contributed by atoms with Crippen molar-refractivity contribution in [3.05, 3.63) is 54.1 Å². The molecule has 158 valence electrons. The second-order valence-corrected chi connectivity index (χ2v) is 8.38. The van der Waals surface area contributed by atoms with Crippen LogP contribution in [0.3, 0.4) is 0 Å². The highest BCUT2D eigenvalue weighted by molar-refractivity contribution is 7.92. The van der Waals surface area contributed by atoms with Crippen molar-refractivity contribution in [2.45, 2.75) is 26.3 Å². The first kappa shape index (κ1) is 22.5. The van der Waals surface area contributed by atoms with Gasteiger partial charge in [-0.1, -0.05) is 31.2 Å². The molecule has 2 rings (SSSR count). The Kier molecular flexibility index (Phi) is 7.90. The van der Waals surface area contributed by atoms with Crippen molar-refractivity contribution < 1.29 is 22.7 Å². The number of para-hydroxylation sites is 2. The zero-order valence-corrected chi connectivity index (χ0v) is 18.0. The van der Waals surface area contributed by atoms with Crippen LogP contribution in [-0.2, 0) is 14.8 Å². The maximum absolute atomic E-state index is 12.7. The Hall–Kier alpha value is -2.74. The maximum Gasteiger partial charge on any atom is 0.241 e. The largest absolute Gasteiger partial charge is 0.497 e. The lowest BCUT2D eigenvalue weighted by Gasteiger charge is -2.25. The van der Waals surface area contributed by atoms with Crippen molar-refractivity contribution in [3.63, 3.8) is 0 Å². The molecule has 1 atom stereocenters. The summed E-state index contributed by atoms with van der Waals surface area (Å²) in [4.78, 5) is 12.7. The minimum Gasteiger partial charge on any atom is -0.497 e. The first-order valence-corrected chi connectivity index (χ1v) is 11.3. The predicted octanol–water partition coefficient (Wildman–Crippen LogP) is 3.13. The lowest BCUT2D eigenvalue weighted by Crippen LogP contribution is -2.41. The van der Waals surface area contributed by atoms with Crippen LogP contribution in [0.2, 0.25) is 0 Å². The number of anilines is 1. The number of rotatable bonds is 10. The molecule has 0 spiro atoms. The van der Waals surface area contributed by atoms with E-state index in [1.165, 1.54) is 0 Å². The van der Waals surface area contributed by atoms with Gasteiger partial charge in [-0.3, -0.25) is 9.10 Å². The monoisotopic (exact) mass is 420 g/mol. The van der Waals surface area contributed by atoms with Crippen LogP contribution in [0.4, 0.5) is 5.69 Å². The summed E-state index contributed by atoms with van der Waals surface area (Å²) >= 11 is 0. The second-order valence-electron chi connectivity index (χ2n) is 6.47. The number of benzene rings is 2. The van der Waals surface area contributed by atoms with Gasteiger partial charge >= 0.3 is 0 Å². The Morgan fingerprint density at radius 3 is 2.31 bits per heavy atom. The fraction of sp³-hybridized carbons (Fsp3) is 0.381. The van der Waals surface area contributed by atoms with Gasteiger partial charge in [0.05, 0.1) is 31.7 Å². The zero-order valence-electron chi connectivity index (χ0n) is 17.2. The first-order chi connectivity index (χ1) is 13.8. The molecule has 0 saturated carbocycles. The lowest BCUT2D eigenvalue weighted by molar-refractivity contribution is -0.120. The van der Waals surface area contributed by atoms with Crippen LogP contribution >= 0.6 is 0 Å². The van der Waals surface area contributed by atoms with Gasteiger partial charge in [0.15, 0.2) is 0 Å². The van der Waals surface area contributed by atoms with Gasteiger partial charge in [0.25, 0.3) is 0 Å². The highest BCUT2D eigenvalue weighted by atomic mass is 32.2. The van der Waals surface area contributed by atoms with Crippen molar-refractivity contribution >= 4 is 21.6 Å². The molecule has 0 saturated heterocycles. The molecule has 0 aromatic heterocycles. The van der Waals surface area contributed by atoms with Crippen molar-refractivity contribution in [2.75, 3.05) is 30.8 Å². The van der Waals surface area contributed by atoms with Crippen LogP contribution in [-0.4, -0.2) is 40.8 Å². The van der Waals surface area contributed by atoms with Crippen LogP contribution in [0, 0.1) is 0 Å². The molecule has 2 aromatic rings. The van der Waals surface area contributed by atoms with E-state index in [2.05, 4.69) is 5.32 Å². The lowest BCUT2D eigenvalue weighted by atomic mass is 10.0. The number of amides is 1. The van der Waals surface area contributed by atoms with Crippen LogP contribution in [0.5, 0.6) is 11.5 Å². The smallest absolute Gasteiger partial charge is 0.241 e. The number of hydrogen-bond donors (Lipinski definition) is 1. The summed E-state index contributed by atoms with van der Waals surface area (Å²) in [5.74, 6) is 0.741. The molecule has 2 aromatic carbocycles. The summed E-state index contributed by atoms with van der Waals surface area (Å²) in [5, 5.41) is 2.92. The Balaban J connectivity index is 2.22. The molecule has 0 aliphatic carbocycles. The normalized spacial score (nSPS) is 12.1. The van der Waals surface area contributed by atoms with Crippen molar-refractivity contribution in [3.8, 4) is 11.5 Å². The third-order valence-electron chi connectivity index (χ3n) is 4.38. The molecular weight excluding hydrogens is 392 g/mol. The Morgan fingerprint density at radius 1 is 1.10 bits per heavy atom. The van der Waals surface area contributed by atoms with Gasteiger partial charge in [-0.15, -0.1) is 0 Å². The predicted molar refractivity (Wildman–Crippen MR) is 114 cm³/mol. The van der Waals surface area contributed by atoms with Gasteiger partial charge in [-0.2, -0.15) is 0 Å². The molecule has 0 bridgehead atoms. The van der Waals surface area contributed by atoms with E-state index in [-0.39, 0.29) is 12.6 Å². The number of carbonyl (C=O) groups excluding carboxylic acids is 1. The number of methoxy groups -OCH3 is 1. The fourth-order valence-corrected chi connectivity index (χ4v) is 3.81. The summed E-state index contributed by atoms with van der Waals surface area (Å²) in [6, 6.07) is 13.9. The van der Waals surface area contributed by atoms with E-state index in [1.54, 1.807) is 31.4 Å². The number of nitrogens with one attached hydrogen (secondary N) is 1. The number of nitrogens with zero attached hydrogens (tertiary/aromatic N) is 1. The van der Waals surface area contributed by atoms with E-state index in [0.29, 0.717) is 24.5 Å². The van der Waals surface area contributed by atoms with Gasteiger partial charge in [0.1, 0.15) is 18.0 Å². The maximum atomic E-state index is 12.7. The number of sulfonamides is 1. The number of carbonyl (C=O) groups is 1. The van der Waals surface area contributed by atoms with Gasteiger partial charge in [0.2, 0.25) is 15.9 Å². The molecule has 0 aliphatic rings. The minimum atomic E-state index is -3.69. The van der Waals surface area contributed by atoms with E-state index in [9.17, 15) is 13.2 Å². The van der Waals surface area contributed by atoms with Crippen molar-refractivity contribution in [2.24, 2.45) is 0 Å². The molecule has 8 heteroatoms. The van der Waals surface area contributed by atoms with Gasteiger partial charge in [0, 0.05) is 0 Å². The van der Waals surface area contributed by atoms with Crippen LogP contribution in [0.1, 0.15) is 31.9 Å². The molecule has 1 N–H and O–H groups in total. The standard InChI is InChI=1S/C21H28N2O5S/c1-5-18(16-11-13-17(27-3)14-12-16)22-21(24)15-23(29(4,25)26)19-9-7-8-10-20(19)28-6-2/h7-14,18H,5-6,15H2,1-4H3,(H,22,24). The second kappa shape index (κ2) is 10.2. The van der Waals surface area contributed by atoms with Gasteiger partial charge in [-0.05, 0) is 43.2 Å². The quantitative estimate of drug-likeness (QED) is 0.638. The summed E-state index contributed by atoms with van der Waals surface area (Å²) in [5.41, 5.74) is 1.26. The summed E-state index contributed by atoms with van der Waals surface area (Å²) in [6.07, 6.45) is 1.73. The molecule has 0 heterocycles. The number of ether oxygens (including phenoxy) is 2. The third kappa shape index (κ3) is 6.12. The molecule has 7 nitrogen and oxygen atoms in total. The Morgan fingerprint density at radius 2 is 1.76 bits per heavy atom. The molecule has 1 amide bonds. The minimum absolute atomic E-state index is 0.239. The highest BCUT2D eigenvalue weighted by Gasteiger charge is 2.25. The van der Waals surface area contributed by atoms with E-state index in [4.69, 9.17) is 9.47 Å². The van der Waals surface area contributed by atoms with Crippen LogP contribution in [0.15, 0.2) is 48.5 Å². The third-order valence-corrected chi connectivity index (χ3v) is 5.51. The molecule has 29 heavy (non-hydrogen) atoms. The van der Waals surface area contributed by atoms with Gasteiger partial charge in [-0.25, -0.2) is 8.42 Å². The average molecular weight is 421 g/mol. The summed E-state index contributed by atoms with van der Waals surface area (Å²) in [7, 11) is -2.10. The van der Waals surface area contributed by atoms with E-state index in [0.717, 1.165) is 21.9 Å². The zero-order chi connectivity index (χ0) is 21.4. The van der Waals surface area contributed by atoms with Crippen LogP contribution < -0.4 is 19.1 Å². The number of hydrogen-bond acceptors (Lipinski definition) is 5. The average Bonchev–Trinajstić information content (AvgIpc) is 2.70. The molecular formula is C21H28N2O5S. The van der Waals surface area contributed by atoms with E-state index < -0.39 is 15.9 Å². The topological polar surface area (TPSA) is 84.9 Å². The summed E-state index contributed by atoms with van der Waals surface area (Å²) < 4.78 is 36.6. The highest BCUT2D eigenvalue weighted by Crippen LogP contribution is 2.30.